The Morgan fingerprint density at radius 3 is 2.58 bits per heavy atom. The van der Waals surface area contributed by atoms with E-state index in [1.54, 1.807) is 5.57 Å². The number of esters is 1. The van der Waals surface area contributed by atoms with Crippen LogP contribution in [0.1, 0.15) is 59.8 Å². The maximum absolute atomic E-state index is 11.1. The van der Waals surface area contributed by atoms with Gasteiger partial charge in [-0.3, -0.25) is 4.79 Å². The zero-order chi connectivity index (χ0) is 14.1. The highest BCUT2D eigenvalue weighted by Crippen LogP contribution is 2.58. The number of hydrogen-bond donors (Lipinski definition) is 0. The number of allylic oxidation sites excluding steroid dienone is 4. The van der Waals surface area contributed by atoms with Crippen LogP contribution in [0.15, 0.2) is 23.3 Å². The Kier molecular flexibility index (Phi) is 3.89. The number of carbonyl (C=O) groups excluding carboxylic acids is 1. The second-order valence-corrected chi connectivity index (χ2v) is 6.71. The summed E-state index contributed by atoms with van der Waals surface area (Å²) in [4.78, 5) is 11.1. The highest BCUT2D eigenvalue weighted by molar-refractivity contribution is 5.65. The normalized spacial score (nSPS) is 34.7. The largest absolute Gasteiger partial charge is 0.465 e. The first kappa shape index (κ1) is 14.4. The van der Waals surface area contributed by atoms with E-state index in [0.29, 0.717) is 6.61 Å². The van der Waals surface area contributed by atoms with Crippen molar-refractivity contribution >= 4 is 5.97 Å². The lowest BCUT2D eigenvalue weighted by Crippen LogP contribution is -2.39. The molecule has 0 radical (unpaired) electrons. The fourth-order valence-corrected chi connectivity index (χ4v) is 3.64. The topological polar surface area (TPSA) is 26.3 Å². The number of hydrogen-bond acceptors (Lipinski definition) is 2. The highest BCUT2D eigenvalue weighted by Gasteiger charge is 2.50. The quantitative estimate of drug-likeness (QED) is 0.556. The lowest BCUT2D eigenvalue weighted by Gasteiger charge is -2.43. The first-order valence-corrected chi connectivity index (χ1v) is 7.36. The van der Waals surface area contributed by atoms with Crippen LogP contribution in [0.5, 0.6) is 0 Å². The van der Waals surface area contributed by atoms with Crippen LogP contribution in [0.25, 0.3) is 0 Å². The smallest absolute Gasteiger partial charge is 0.302 e. The maximum atomic E-state index is 11.1. The van der Waals surface area contributed by atoms with Gasteiger partial charge in [-0.2, -0.15) is 0 Å². The summed E-state index contributed by atoms with van der Waals surface area (Å²) in [6.45, 7) is 8.90. The van der Waals surface area contributed by atoms with E-state index < -0.39 is 0 Å². The number of carbonyl (C=O) groups is 1. The maximum Gasteiger partial charge on any atom is 0.302 e. The van der Waals surface area contributed by atoms with Crippen molar-refractivity contribution < 1.29 is 9.53 Å². The summed E-state index contributed by atoms with van der Waals surface area (Å²) in [5.74, 6) is -0.163. The van der Waals surface area contributed by atoms with Gasteiger partial charge in [0.1, 0.15) is 0 Å². The molecule has 1 saturated carbocycles. The predicted molar refractivity (Wildman–Crippen MR) is 77.8 cm³/mol. The molecule has 19 heavy (non-hydrogen) atoms. The summed E-state index contributed by atoms with van der Waals surface area (Å²) in [6.07, 6.45) is 10.5. The molecule has 2 atom stereocenters. The van der Waals surface area contributed by atoms with Crippen LogP contribution < -0.4 is 0 Å². The van der Waals surface area contributed by atoms with Crippen LogP contribution in [0.2, 0.25) is 0 Å². The summed E-state index contributed by atoms with van der Waals surface area (Å²) >= 11 is 0. The van der Waals surface area contributed by atoms with Gasteiger partial charge >= 0.3 is 5.97 Å². The first-order chi connectivity index (χ1) is 8.87. The molecule has 0 aromatic heterocycles. The van der Waals surface area contributed by atoms with Gasteiger partial charge < -0.3 is 4.74 Å². The van der Waals surface area contributed by atoms with Gasteiger partial charge in [-0.05, 0) is 38.0 Å². The number of ether oxygens (including phenoxy) is 1. The molecule has 1 fully saturated rings. The van der Waals surface area contributed by atoms with Gasteiger partial charge in [0.05, 0.1) is 6.61 Å². The van der Waals surface area contributed by atoms with E-state index >= 15 is 0 Å². The van der Waals surface area contributed by atoms with E-state index in [9.17, 15) is 4.79 Å². The summed E-state index contributed by atoms with van der Waals surface area (Å²) < 4.78 is 5.35. The van der Waals surface area contributed by atoms with Gasteiger partial charge in [0, 0.05) is 12.3 Å². The second kappa shape index (κ2) is 5.15. The molecule has 106 valence electrons. The molecule has 0 aliphatic heterocycles. The van der Waals surface area contributed by atoms with Crippen LogP contribution in [0, 0.1) is 10.8 Å². The van der Waals surface area contributed by atoms with Gasteiger partial charge in [0.25, 0.3) is 0 Å². The average Bonchev–Trinajstić information content (AvgIpc) is 2.66. The Hall–Kier alpha value is -1.05. The van der Waals surface area contributed by atoms with E-state index in [1.165, 1.54) is 25.3 Å². The van der Waals surface area contributed by atoms with Gasteiger partial charge in [0.2, 0.25) is 0 Å². The minimum Gasteiger partial charge on any atom is -0.465 e. The average molecular weight is 262 g/mol. The van der Waals surface area contributed by atoms with Crippen LogP contribution in [-0.2, 0) is 9.53 Å². The molecular formula is C17H26O2. The molecule has 2 aliphatic carbocycles. The fraction of sp³-hybridized carbons (Fsp3) is 0.706. The third-order valence-electron chi connectivity index (χ3n) is 5.38. The van der Waals surface area contributed by atoms with Crippen molar-refractivity contribution in [2.45, 2.75) is 59.8 Å². The molecule has 0 spiro atoms. The van der Waals surface area contributed by atoms with Crippen LogP contribution in [0.3, 0.4) is 0 Å². The molecule has 2 rings (SSSR count). The molecule has 0 heterocycles. The van der Waals surface area contributed by atoms with Crippen LogP contribution in [0.4, 0.5) is 0 Å². The molecule has 2 nitrogen and oxygen atoms in total. The second-order valence-electron chi connectivity index (χ2n) is 6.71. The summed E-state index contributed by atoms with van der Waals surface area (Å²) in [6, 6.07) is 0. The molecule has 2 unspecified atom stereocenters. The van der Waals surface area contributed by atoms with E-state index in [-0.39, 0.29) is 16.8 Å². The highest BCUT2D eigenvalue weighted by atomic mass is 16.5. The molecule has 2 heteroatoms. The zero-order valence-corrected chi connectivity index (χ0v) is 12.7. The van der Waals surface area contributed by atoms with Crippen molar-refractivity contribution in [1.29, 1.82) is 0 Å². The van der Waals surface area contributed by atoms with E-state index in [0.717, 1.165) is 19.3 Å². The Bertz CT molecular complexity index is 433. The molecule has 2 aliphatic rings. The third kappa shape index (κ3) is 2.63. The molecule has 0 saturated heterocycles. The van der Waals surface area contributed by atoms with Crippen molar-refractivity contribution in [3.05, 3.63) is 23.3 Å². The van der Waals surface area contributed by atoms with E-state index in [4.69, 9.17) is 4.74 Å². The van der Waals surface area contributed by atoms with Gasteiger partial charge in [0.15, 0.2) is 0 Å². The Balaban J connectivity index is 2.18. The van der Waals surface area contributed by atoms with Gasteiger partial charge in [-0.25, -0.2) is 0 Å². The van der Waals surface area contributed by atoms with E-state index in [2.05, 4.69) is 32.9 Å². The minimum absolute atomic E-state index is 0.0869. The third-order valence-corrected chi connectivity index (χ3v) is 5.38. The summed E-state index contributed by atoms with van der Waals surface area (Å²) in [5.41, 5.74) is 3.28. The van der Waals surface area contributed by atoms with Gasteiger partial charge in [-0.15, -0.1) is 0 Å². The Labute approximate surface area is 116 Å². The molecule has 0 aromatic carbocycles. The predicted octanol–water partition coefficient (Wildman–Crippen LogP) is 4.41. The minimum atomic E-state index is -0.163. The zero-order valence-electron chi connectivity index (χ0n) is 12.7. The SMILES string of the molecule is CC(=O)OCC1(C)CCCC1(C)C1=CCC(C)=CC1. The molecule has 0 bridgehead atoms. The van der Waals surface area contributed by atoms with Crippen molar-refractivity contribution in [3.63, 3.8) is 0 Å². The lowest BCUT2D eigenvalue weighted by atomic mass is 9.62. The Morgan fingerprint density at radius 1 is 1.26 bits per heavy atom. The Morgan fingerprint density at radius 2 is 2.00 bits per heavy atom. The monoisotopic (exact) mass is 262 g/mol. The molecule has 0 N–H and O–H groups in total. The van der Waals surface area contributed by atoms with Crippen LogP contribution in [-0.4, -0.2) is 12.6 Å². The van der Waals surface area contributed by atoms with E-state index in [1.807, 2.05) is 0 Å². The molecular weight excluding hydrogens is 236 g/mol. The standard InChI is InChI=1S/C17H26O2/c1-13-6-8-15(9-7-13)17(4)11-5-10-16(17,3)12-19-14(2)18/h6,9H,5,7-8,10-12H2,1-4H3. The van der Waals surface area contributed by atoms with Gasteiger partial charge in [-0.1, -0.05) is 43.6 Å². The summed E-state index contributed by atoms with van der Waals surface area (Å²) in [7, 11) is 0. The van der Waals surface area contributed by atoms with Crippen molar-refractivity contribution in [1.82, 2.24) is 0 Å². The fourth-order valence-electron chi connectivity index (χ4n) is 3.64. The van der Waals surface area contributed by atoms with Crippen molar-refractivity contribution in [2.75, 3.05) is 6.61 Å². The molecule has 0 aromatic rings. The lowest BCUT2D eigenvalue weighted by molar-refractivity contribution is -0.146. The number of rotatable bonds is 3. The summed E-state index contributed by atoms with van der Waals surface area (Å²) in [5, 5.41) is 0. The molecule has 0 amide bonds. The van der Waals surface area contributed by atoms with Crippen molar-refractivity contribution in [3.8, 4) is 0 Å². The van der Waals surface area contributed by atoms with Crippen molar-refractivity contribution in [2.24, 2.45) is 10.8 Å². The first-order valence-electron chi connectivity index (χ1n) is 7.36. The van der Waals surface area contributed by atoms with Crippen LogP contribution >= 0.6 is 0 Å².